The first-order valence-corrected chi connectivity index (χ1v) is 4.88. The highest BCUT2D eigenvalue weighted by Gasteiger charge is 2.14. The van der Waals surface area contributed by atoms with Gasteiger partial charge in [-0.05, 0) is 24.1 Å². The fraction of sp³-hybridized carbons (Fsp3) is 0.400. The second-order valence-electron chi connectivity index (χ2n) is 3.17. The van der Waals surface area contributed by atoms with Crippen molar-refractivity contribution in [1.82, 2.24) is 0 Å². The van der Waals surface area contributed by atoms with E-state index in [-0.39, 0.29) is 17.4 Å². The van der Waals surface area contributed by atoms with Crippen molar-refractivity contribution in [3.05, 3.63) is 45.0 Å². The first kappa shape index (κ1) is 11.0. The van der Waals surface area contributed by atoms with Crippen molar-refractivity contribution in [3.63, 3.8) is 0 Å². The third kappa shape index (κ3) is 3.00. The molecule has 0 saturated heterocycles. The molecule has 0 aliphatic heterocycles. The number of halogens is 1. The van der Waals surface area contributed by atoms with Crippen LogP contribution in [0.15, 0.2) is 24.3 Å². The van der Waals surface area contributed by atoms with Crippen LogP contribution in [0.25, 0.3) is 0 Å². The summed E-state index contributed by atoms with van der Waals surface area (Å²) in [6.45, 7) is 1.93. The van der Waals surface area contributed by atoms with E-state index in [1.165, 1.54) is 0 Å². The average Bonchev–Trinajstić information content (AvgIpc) is 2.15. The first-order chi connectivity index (χ1) is 6.63. The molecule has 1 aromatic rings. The molecule has 4 heteroatoms. The van der Waals surface area contributed by atoms with Crippen molar-refractivity contribution < 1.29 is 4.92 Å². The van der Waals surface area contributed by atoms with Gasteiger partial charge in [0.1, 0.15) is 0 Å². The van der Waals surface area contributed by atoms with Crippen molar-refractivity contribution in [1.29, 1.82) is 0 Å². The second-order valence-corrected chi connectivity index (χ2v) is 3.61. The van der Waals surface area contributed by atoms with Gasteiger partial charge < -0.3 is 0 Å². The van der Waals surface area contributed by atoms with Gasteiger partial charge in [0, 0.05) is 15.9 Å². The summed E-state index contributed by atoms with van der Waals surface area (Å²) >= 11 is 5.73. The van der Waals surface area contributed by atoms with E-state index < -0.39 is 0 Å². The van der Waals surface area contributed by atoms with Gasteiger partial charge in [-0.25, -0.2) is 0 Å². The Morgan fingerprint density at radius 3 is 2.43 bits per heavy atom. The summed E-state index contributed by atoms with van der Waals surface area (Å²) < 4.78 is 0. The Morgan fingerprint density at radius 2 is 2.00 bits per heavy atom. The number of benzene rings is 1. The number of rotatable bonds is 4. The number of hydrogen-bond acceptors (Lipinski definition) is 2. The lowest BCUT2D eigenvalue weighted by Gasteiger charge is -2.10. The summed E-state index contributed by atoms with van der Waals surface area (Å²) in [5, 5.41) is 11.0. The summed E-state index contributed by atoms with van der Waals surface area (Å²) in [7, 11) is 0. The molecule has 0 unspecified atom stereocenters. The van der Waals surface area contributed by atoms with Crippen LogP contribution in [-0.4, -0.2) is 11.5 Å². The van der Waals surface area contributed by atoms with Crippen molar-refractivity contribution in [2.45, 2.75) is 19.3 Å². The van der Waals surface area contributed by atoms with Gasteiger partial charge in [0.2, 0.25) is 6.54 Å². The Bertz CT molecular complexity index is 310. The van der Waals surface area contributed by atoms with E-state index in [0.717, 1.165) is 12.0 Å². The Morgan fingerprint density at radius 1 is 1.43 bits per heavy atom. The molecule has 0 aliphatic rings. The third-order valence-electron chi connectivity index (χ3n) is 2.20. The predicted octanol–water partition coefficient (Wildman–Crippen LogP) is 3.11. The summed E-state index contributed by atoms with van der Waals surface area (Å²) in [5.41, 5.74) is 0.980. The molecule has 0 N–H and O–H groups in total. The zero-order chi connectivity index (χ0) is 10.6. The van der Waals surface area contributed by atoms with Gasteiger partial charge in [0.25, 0.3) is 0 Å². The van der Waals surface area contributed by atoms with Gasteiger partial charge in [-0.1, -0.05) is 30.7 Å². The molecule has 0 aromatic heterocycles. The Hall–Kier alpha value is -1.09. The smallest absolute Gasteiger partial charge is 0.210 e. The van der Waals surface area contributed by atoms with E-state index in [0.29, 0.717) is 5.02 Å². The highest BCUT2D eigenvalue weighted by Crippen LogP contribution is 2.21. The number of nitrogens with zero attached hydrogens (tertiary/aromatic N) is 1. The highest BCUT2D eigenvalue weighted by atomic mass is 35.5. The summed E-state index contributed by atoms with van der Waals surface area (Å²) in [4.78, 5) is 10.1. The molecular weight excluding hydrogens is 202 g/mol. The molecule has 0 fully saturated rings. The fourth-order valence-electron chi connectivity index (χ4n) is 1.39. The molecule has 1 atom stereocenters. The van der Waals surface area contributed by atoms with E-state index in [2.05, 4.69) is 0 Å². The van der Waals surface area contributed by atoms with Crippen LogP contribution in [0, 0.1) is 10.1 Å². The van der Waals surface area contributed by atoms with Gasteiger partial charge in [-0.15, -0.1) is 0 Å². The number of hydrogen-bond donors (Lipinski definition) is 0. The molecule has 0 heterocycles. The number of nitro groups is 1. The molecule has 0 radical (unpaired) electrons. The van der Waals surface area contributed by atoms with Crippen LogP contribution in [0.4, 0.5) is 0 Å². The Kier molecular flexibility index (Phi) is 3.89. The monoisotopic (exact) mass is 213 g/mol. The molecule has 0 amide bonds. The maximum atomic E-state index is 10.4. The zero-order valence-electron chi connectivity index (χ0n) is 7.94. The van der Waals surface area contributed by atoms with Gasteiger partial charge in [-0.3, -0.25) is 10.1 Å². The van der Waals surface area contributed by atoms with Crippen molar-refractivity contribution in [3.8, 4) is 0 Å². The quantitative estimate of drug-likeness (QED) is 0.570. The van der Waals surface area contributed by atoms with Crippen molar-refractivity contribution in [2.75, 3.05) is 6.54 Å². The lowest BCUT2D eigenvalue weighted by atomic mass is 9.97. The van der Waals surface area contributed by atoms with Crippen molar-refractivity contribution >= 4 is 11.6 Å². The zero-order valence-corrected chi connectivity index (χ0v) is 8.70. The standard InChI is InChI=1S/C10H12ClNO2/c1-2-8(7-12(13)14)9-3-5-10(11)6-4-9/h3-6,8H,2,7H2,1H3/t8-/m0/s1. The van der Waals surface area contributed by atoms with E-state index in [1.54, 1.807) is 12.1 Å². The molecule has 1 aromatic carbocycles. The molecular formula is C10H12ClNO2. The normalized spacial score (nSPS) is 12.4. The SMILES string of the molecule is CC[C@@H](C[N+](=O)[O-])c1ccc(Cl)cc1. The van der Waals surface area contributed by atoms with Crippen molar-refractivity contribution in [2.24, 2.45) is 0 Å². The van der Waals surface area contributed by atoms with Crippen LogP contribution in [-0.2, 0) is 0 Å². The highest BCUT2D eigenvalue weighted by molar-refractivity contribution is 6.30. The maximum absolute atomic E-state index is 10.4. The van der Waals surface area contributed by atoms with E-state index in [9.17, 15) is 10.1 Å². The predicted molar refractivity (Wildman–Crippen MR) is 56.3 cm³/mol. The third-order valence-corrected chi connectivity index (χ3v) is 2.46. The molecule has 3 nitrogen and oxygen atoms in total. The lowest BCUT2D eigenvalue weighted by molar-refractivity contribution is -0.483. The largest absolute Gasteiger partial charge is 0.265 e. The first-order valence-electron chi connectivity index (χ1n) is 4.50. The summed E-state index contributed by atoms with van der Waals surface area (Å²) in [6, 6.07) is 7.22. The molecule has 76 valence electrons. The minimum atomic E-state index is -0.275. The molecule has 14 heavy (non-hydrogen) atoms. The molecule has 0 aliphatic carbocycles. The van der Waals surface area contributed by atoms with E-state index in [4.69, 9.17) is 11.6 Å². The van der Waals surface area contributed by atoms with Crippen LogP contribution < -0.4 is 0 Å². The van der Waals surface area contributed by atoms with Crippen LogP contribution in [0.3, 0.4) is 0 Å². The fourth-order valence-corrected chi connectivity index (χ4v) is 1.51. The molecule has 0 spiro atoms. The Balaban J connectivity index is 2.78. The molecule has 0 saturated carbocycles. The van der Waals surface area contributed by atoms with Gasteiger partial charge in [0.15, 0.2) is 0 Å². The topological polar surface area (TPSA) is 43.1 Å². The Labute approximate surface area is 87.8 Å². The van der Waals surface area contributed by atoms with E-state index >= 15 is 0 Å². The van der Waals surface area contributed by atoms with Gasteiger partial charge in [0.05, 0.1) is 0 Å². The van der Waals surface area contributed by atoms with E-state index in [1.807, 2.05) is 19.1 Å². The van der Waals surface area contributed by atoms with Crippen LogP contribution in [0.5, 0.6) is 0 Å². The summed E-state index contributed by atoms with van der Waals surface area (Å²) in [5.74, 6) is -0.0118. The second kappa shape index (κ2) is 4.96. The summed E-state index contributed by atoms with van der Waals surface area (Å²) in [6.07, 6.45) is 0.766. The van der Waals surface area contributed by atoms with Crippen LogP contribution in [0.2, 0.25) is 5.02 Å². The van der Waals surface area contributed by atoms with Gasteiger partial charge in [-0.2, -0.15) is 0 Å². The molecule has 0 bridgehead atoms. The van der Waals surface area contributed by atoms with Gasteiger partial charge >= 0.3 is 0 Å². The lowest BCUT2D eigenvalue weighted by Crippen LogP contribution is -2.11. The minimum absolute atomic E-state index is 0.0118. The maximum Gasteiger partial charge on any atom is 0.210 e. The average molecular weight is 214 g/mol. The minimum Gasteiger partial charge on any atom is -0.265 e. The van der Waals surface area contributed by atoms with Crippen LogP contribution >= 0.6 is 11.6 Å². The van der Waals surface area contributed by atoms with Crippen LogP contribution in [0.1, 0.15) is 24.8 Å². The molecule has 1 rings (SSSR count).